The first-order valence-corrected chi connectivity index (χ1v) is 4.75. The van der Waals surface area contributed by atoms with Crippen molar-refractivity contribution in [2.45, 2.75) is 27.3 Å². The fourth-order valence-electron chi connectivity index (χ4n) is 1.25. The van der Waals surface area contributed by atoms with Crippen LogP contribution in [0.15, 0.2) is 6.07 Å². The number of ketones is 1. The molecule has 0 saturated carbocycles. The van der Waals surface area contributed by atoms with Crippen LogP contribution in [0.2, 0.25) is 0 Å². The second-order valence-electron chi connectivity index (χ2n) is 3.25. The van der Waals surface area contributed by atoms with Gasteiger partial charge in [-0.1, -0.05) is 0 Å². The number of ether oxygens (including phenoxy) is 1. The average Bonchev–Trinajstić information content (AvgIpc) is 2.46. The van der Waals surface area contributed by atoms with Gasteiger partial charge in [-0.3, -0.25) is 9.48 Å². The van der Waals surface area contributed by atoms with Crippen molar-refractivity contribution in [2.75, 3.05) is 6.61 Å². The summed E-state index contributed by atoms with van der Waals surface area (Å²) in [6.45, 7) is 5.35. The zero-order valence-electron chi connectivity index (χ0n) is 9.11. The van der Waals surface area contributed by atoms with E-state index in [4.69, 9.17) is 4.74 Å². The van der Waals surface area contributed by atoms with Gasteiger partial charge in [-0.25, -0.2) is 4.79 Å². The van der Waals surface area contributed by atoms with Crippen molar-refractivity contribution < 1.29 is 14.3 Å². The highest BCUT2D eigenvalue weighted by Gasteiger charge is 2.15. The van der Waals surface area contributed by atoms with E-state index < -0.39 is 5.97 Å². The lowest BCUT2D eigenvalue weighted by Crippen LogP contribution is -2.16. The maximum Gasteiger partial charge on any atom is 0.356 e. The number of esters is 1. The average molecular weight is 210 g/mol. The maximum absolute atomic E-state index is 11.5. The molecule has 0 radical (unpaired) electrons. The molecule has 0 aliphatic rings. The van der Waals surface area contributed by atoms with Crippen molar-refractivity contribution in [1.29, 1.82) is 0 Å². The van der Waals surface area contributed by atoms with E-state index in [1.54, 1.807) is 19.9 Å². The van der Waals surface area contributed by atoms with Gasteiger partial charge in [0.1, 0.15) is 12.2 Å². The first-order valence-electron chi connectivity index (χ1n) is 4.75. The minimum Gasteiger partial charge on any atom is -0.461 e. The van der Waals surface area contributed by atoms with Crippen LogP contribution < -0.4 is 0 Å². The summed E-state index contributed by atoms with van der Waals surface area (Å²) in [4.78, 5) is 22.4. The molecule has 0 bridgehead atoms. The van der Waals surface area contributed by atoms with Crippen LogP contribution in [-0.4, -0.2) is 28.1 Å². The molecule has 1 rings (SSSR count). The fraction of sp³-hybridized carbons (Fsp3) is 0.500. The van der Waals surface area contributed by atoms with E-state index in [-0.39, 0.29) is 12.3 Å². The van der Waals surface area contributed by atoms with Gasteiger partial charge in [-0.15, -0.1) is 0 Å². The third kappa shape index (κ3) is 2.90. The Bertz CT molecular complexity index is 382. The molecular weight excluding hydrogens is 196 g/mol. The highest BCUT2D eigenvalue weighted by molar-refractivity contribution is 5.88. The van der Waals surface area contributed by atoms with Gasteiger partial charge in [0.2, 0.25) is 0 Å². The van der Waals surface area contributed by atoms with Crippen LogP contribution in [0.1, 0.15) is 30.0 Å². The van der Waals surface area contributed by atoms with E-state index >= 15 is 0 Å². The molecule has 1 aromatic rings. The molecule has 1 heterocycles. The molecule has 0 amide bonds. The van der Waals surface area contributed by atoms with E-state index in [0.717, 1.165) is 0 Å². The van der Waals surface area contributed by atoms with Crippen molar-refractivity contribution in [3.05, 3.63) is 17.5 Å². The first kappa shape index (κ1) is 11.4. The summed E-state index contributed by atoms with van der Waals surface area (Å²) in [6, 6.07) is 1.61. The Balaban J connectivity index is 2.95. The summed E-state index contributed by atoms with van der Waals surface area (Å²) in [5, 5.41) is 4.05. The lowest BCUT2D eigenvalue weighted by atomic mass is 10.3. The highest BCUT2D eigenvalue weighted by Crippen LogP contribution is 2.05. The Hall–Kier alpha value is -1.65. The van der Waals surface area contributed by atoms with Crippen LogP contribution in [0.25, 0.3) is 0 Å². The Kier molecular flexibility index (Phi) is 3.60. The van der Waals surface area contributed by atoms with Gasteiger partial charge >= 0.3 is 5.97 Å². The van der Waals surface area contributed by atoms with E-state index in [0.29, 0.717) is 18.0 Å². The van der Waals surface area contributed by atoms with Crippen LogP contribution in [-0.2, 0) is 16.1 Å². The molecule has 15 heavy (non-hydrogen) atoms. The highest BCUT2D eigenvalue weighted by atomic mass is 16.5. The summed E-state index contributed by atoms with van der Waals surface area (Å²) >= 11 is 0. The van der Waals surface area contributed by atoms with Crippen LogP contribution in [0.3, 0.4) is 0 Å². The van der Waals surface area contributed by atoms with Crippen LogP contribution in [0.5, 0.6) is 0 Å². The minimum atomic E-state index is -0.445. The molecule has 0 aromatic carbocycles. The number of aromatic nitrogens is 2. The molecule has 1 aromatic heterocycles. The van der Waals surface area contributed by atoms with E-state index in [1.165, 1.54) is 11.6 Å². The van der Waals surface area contributed by atoms with Crippen molar-refractivity contribution in [3.63, 3.8) is 0 Å². The van der Waals surface area contributed by atoms with Crippen molar-refractivity contribution in [1.82, 2.24) is 9.78 Å². The van der Waals surface area contributed by atoms with Gasteiger partial charge in [0, 0.05) is 0 Å². The van der Waals surface area contributed by atoms with Gasteiger partial charge < -0.3 is 4.74 Å². The molecule has 5 nitrogen and oxygen atoms in total. The molecule has 0 fully saturated rings. The normalized spacial score (nSPS) is 10.1. The Morgan fingerprint density at radius 1 is 1.53 bits per heavy atom. The standard InChI is InChI=1S/C10H14N2O3/c1-4-15-10(14)9-5-7(2)11-12(9)6-8(3)13/h5H,4,6H2,1-3H3. The third-order valence-corrected chi connectivity index (χ3v) is 1.76. The number of hydrogen-bond donors (Lipinski definition) is 0. The van der Waals surface area contributed by atoms with E-state index in [1.807, 2.05) is 0 Å². The van der Waals surface area contributed by atoms with Gasteiger partial charge in [0.15, 0.2) is 5.78 Å². The van der Waals surface area contributed by atoms with Crippen LogP contribution in [0, 0.1) is 6.92 Å². The molecule has 5 heteroatoms. The van der Waals surface area contributed by atoms with Gasteiger partial charge in [0.25, 0.3) is 0 Å². The van der Waals surface area contributed by atoms with Crippen LogP contribution in [0.4, 0.5) is 0 Å². The lowest BCUT2D eigenvalue weighted by molar-refractivity contribution is -0.117. The Labute approximate surface area is 88.0 Å². The predicted molar refractivity (Wildman–Crippen MR) is 53.6 cm³/mol. The minimum absolute atomic E-state index is 0.0522. The predicted octanol–water partition coefficient (Wildman–Crippen LogP) is 0.957. The Morgan fingerprint density at radius 2 is 2.20 bits per heavy atom. The van der Waals surface area contributed by atoms with E-state index in [2.05, 4.69) is 5.10 Å². The molecule has 82 valence electrons. The summed E-state index contributed by atoms with van der Waals surface area (Å²) in [5.74, 6) is -0.497. The molecule has 0 aliphatic carbocycles. The smallest absolute Gasteiger partial charge is 0.356 e. The number of aryl methyl sites for hydroxylation is 1. The monoisotopic (exact) mass is 210 g/mol. The summed E-state index contributed by atoms with van der Waals surface area (Å²) < 4.78 is 6.22. The Morgan fingerprint density at radius 3 is 2.73 bits per heavy atom. The van der Waals surface area contributed by atoms with Crippen LogP contribution >= 0.6 is 0 Å². The molecule has 0 N–H and O–H groups in total. The second kappa shape index (κ2) is 4.72. The SMILES string of the molecule is CCOC(=O)c1cc(C)nn1CC(C)=O. The second-order valence-corrected chi connectivity index (χ2v) is 3.25. The van der Waals surface area contributed by atoms with Gasteiger partial charge in [-0.05, 0) is 26.8 Å². The quantitative estimate of drug-likeness (QED) is 0.694. The van der Waals surface area contributed by atoms with Crippen molar-refractivity contribution in [2.24, 2.45) is 0 Å². The number of nitrogens with zero attached hydrogens (tertiary/aromatic N) is 2. The number of rotatable bonds is 4. The molecule has 0 atom stereocenters. The first-order chi connectivity index (χ1) is 7.04. The molecular formula is C10H14N2O3. The number of Topliss-reactive ketones (excluding diaryl/α,β-unsaturated/α-hetero) is 1. The topological polar surface area (TPSA) is 61.2 Å². The number of hydrogen-bond acceptors (Lipinski definition) is 4. The van der Waals surface area contributed by atoms with Crippen molar-refractivity contribution in [3.8, 4) is 0 Å². The zero-order valence-corrected chi connectivity index (χ0v) is 9.11. The molecule has 0 aliphatic heterocycles. The number of carbonyl (C=O) groups is 2. The summed E-state index contributed by atoms with van der Waals surface area (Å²) in [6.07, 6.45) is 0. The maximum atomic E-state index is 11.5. The fourth-order valence-corrected chi connectivity index (χ4v) is 1.25. The van der Waals surface area contributed by atoms with E-state index in [9.17, 15) is 9.59 Å². The zero-order chi connectivity index (χ0) is 11.4. The number of carbonyl (C=O) groups excluding carboxylic acids is 2. The molecule has 0 saturated heterocycles. The van der Waals surface area contributed by atoms with Gasteiger partial charge in [0.05, 0.1) is 12.3 Å². The van der Waals surface area contributed by atoms with Crippen molar-refractivity contribution >= 4 is 11.8 Å². The summed E-state index contributed by atoms with van der Waals surface area (Å²) in [7, 11) is 0. The molecule has 0 unspecified atom stereocenters. The third-order valence-electron chi connectivity index (χ3n) is 1.76. The summed E-state index contributed by atoms with van der Waals surface area (Å²) in [5.41, 5.74) is 1.02. The van der Waals surface area contributed by atoms with Gasteiger partial charge in [-0.2, -0.15) is 5.10 Å². The largest absolute Gasteiger partial charge is 0.461 e. The lowest BCUT2D eigenvalue weighted by Gasteiger charge is -2.04. The molecule has 0 spiro atoms.